The SMILES string of the molecule is O=C(O)C(Sc1ccccc1-n1cccc1)c1ccc(F)cc1. The molecular weight excluding hydrogens is 313 g/mol. The number of carboxylic acids is 1. The van der Waals surface area contributed by atoms with E-state index in [9.17, 15) is 14.3 Å². The molecule has 1 aromatic heterocycles. The zero-order valence-electron chi connectivity index (χ0n) is 12.1. The number of halogens is 1. The van der Waals surface area contributed by atoms with Crippen LogP contribution in [0.2, 0.25) is 0 Å². The Morgan fingerprint density at radius 1 is 1.00 bits per heavy atom. The van der Waals surface area contributed by atoms with Crippen LogP contribution in [0.3, 0.4) is 0 Å². The summed E-state index contributed by atoms with van der Waals surface area (Å²) < 4.78 is 15.0. The van der Waals surface area contributed by atoms with Gasteiger partial charge in [-0.3, -0.25) is 4.79 Å². The van der Waals surface area contributed by atoms with Crippen LogP contribution >= 0.6 is 11.8 Å². The highest BCUT2D eigenvalue weighted by Crippen LogP contribution is 2.38. The number of nitrogens with zero attached hydrogens (tertiary/aromatic N) is 1. The molecule has 3 nitrogen and oxygen atoms in total. The molecule has 0 aliphatic carbocycles. The minimum atomic E-state index is -0.955. The lowest BCUT2D eigenvalue weighted by molar-refractivity contribution is -0.136. The molecule has 0 saturated heterocycles. The minimum Gasteiger partial charge on any atom is -0.480 e. The van der Waals surface area contributed by atoms with Crippen molar-refractivity contribution >= 4 is 17.7 Å². The van der Waals surface area contributed by atoms with Gasteiger partial charge in [0.2, 0.25) is 0 Å². The van der Waals surface area contributed by atoms with Crippen LogP contribution in [0.4, 0.5) is 4.39 Å². The lowest BCUT2D eigenvalue weighted by Gasteiger charge is -2.16. The van der Waals surface area contributed by atoms with Crippen molar-refractivity contribution < 1.29 is 14.3 Å². The summed E-state index contributed by atoms with van der Waals surface area (Å²) in [5, 5.41) is 8.76. The Hall–Kier alpha value is -2.53. The van der Waals surface area contributed by atoms with E-state index in [0.29, 0.717) is 5.56 Å². The third-order valence-corrected chi connectivity index (χ3v) is 4.70. The third kappa shape index (κ3) is 3.46. The first-order valence-electron chi connectivity index (χ1n) is 7.02. The number of para-hydroxylation sites is 1. The number of rotatable bonds is 5. The molecule has 3 rings (SSSR count). The summed E-state index contributed by atoms with van der Waals surface area (Å²) in [6.45, 7) is 0. The highest BCUT2D eigenvalue weighted by molar-refractivity contribution is 8.00. The molecule has 0 fully saturated rings. The van der Waals surface area contributed by atoms with Gasteiger partial charge in [0, 0.05) is 17.3 Å². The fourth-order valence-electron chi connectivity index (χ4n) is 2.29. The van der Waals surface area contributed by atoms with E-state index in [0.717, 1.165) is 10.6 Å². The van der Waals surface area contributed by atoms with Gasteiger partial charge in [0.25, 0.3) is 0 Å². The highest BCUT2D eigenvalue weighted by Gasteiger charge is 2.22. The van der Waals surface area contributed by atoms with E-state index in [4.69, 9.17) is 0 Å². The summed E-state index contributed by atoms with van der Waals surface area (Å²) in [5.41, 5.74) is 1.47. The van der Waals surface area contributed by atoms with Crippen LogP contribution in [0.15, 0.2) is 78.0 Å². The second-order valence-electron chi connectivity index (χ2n) is 4.95. The summed E-state index contributed by atoms with van der Waals surface area (Å²) >= 11 is 1.24. The van der Waals surface area contributed by atoms with Crippen LogP contribution in [0.1, 0.15) is 10.8 Å². The fraction of sp³-hybridized carbons (Fsp3) is 0.0556. The molecule has 0 aliphatic heterocycles. The van der Waals surface area contributed by atoms with Crippen molar-refractivity contribution in [2.24, 2.45) is 0 Å². The summed E-state index contributed by atoms with van der Waals surface area (Å²) in [5.74, 6) is -1.33. The molecule has 1 heterocycles. The van der Waals surface area contributed by atoms with Crippen molar-refractivity contribution in [1.82, 2.24) is 4.57 Å². The normalized spacial score (nSPS) is 12.0. The third-order valence-electron chi connectivity index (χ3n) is 3.39. The van der Waals surface area contributed by atoms with Crippen molar-refractivity contribution in [2.75, 3.05) is 0 Å². The van der Waals surface area contributed by atoms with Gasteiger partial charge in [-0.25, -0.2) is 4.39 Å². The van der Waals surface area contributed by atoms with Crippen molar-refractivity contribution in [3.8, 4) is 5.69 Å². The van der Waals surface area contributed by atoms with E-state index >= 15 is 0 Å². The number of benzene rings is 2. The summed E-state index contributed by atoms with van der Waals surface area (Å²) in [7, 11) is 0. The first-order chi connectivity index (χ1) is 11.1. The van der Waals surface area contributed by atoms with Gasteiger partial charge in [-0.15, -0.1) is 11.8 Å². The maximum absolute atomic E-state index is 13.1. The smallest absolute Gasteiger partial charge is 0.321 e. The molecule has 23 heavy (non-hydrogen) atoms. The maximum Gasteiger partial charge on any atom is 0.321 e. The predicted octanol–water partition coefficient (Wildman–Crippen LogP) is 4.53. The van der Waals surface area contributed by atoms with Crippen molar-refractivity contribution in [2.45, 2.75) is 10.1 Å². The largest absolute Gasteiger partial charge is 0.480 e. The molecule has 0 aliphatic rings. The Morgan fingerprint density at radius 2 is 1.65 bits per heavy atom. The maximum atomic E-state index is 13.1. The van der Waals surface area contributed by atoms with Crippen LogP contribution in [0, 0.1) is 5.82 Å². The quantitative estimate of drug-likeness (QED) is 0.700. The first-order valence-corrected chi connectivity index (χ1v) is 7.90. The first kappa shape index (κ1) is 15.4. The van der Waals surface area contributed by atoms with Crippen LogP contribution < -0.4 is 0 Å². The number of thioether (sulfide) groups is 1. The van der Waals surface area contributed by atoms with Gasteiger partial charge >= 0.3 is 5.97 Å². The van der Waals surface area contributed by atoms with Gasteiger partial charge in [0.1, 0.15) is 11.1 Å². The molecule has 5 heteroatoms. The predicted molar refractivity (Wildman–Crippen MR) is 88.4 cm³/mol. The second-order valence-corrected chi connectivity index (χ2v) is 6.09. The van der Waals surface area contributed by atoms with Crippen LogP contribution in [0.25, 0.3) is 5.69 Å². The zero-order valence-corrected chi connectivity index (χ0v) is 12.9. The summed E-state index contributed by atoms with van der Waals surface area (Å²) in [6.07, 6.45) is 3.82. The average Bonchev–Trinajstić information content (AvgIpc) is 3.08. The van der Waals surface area contributed by atoms with E-state index in [1.54, 1.807) is 0 Å². The fourth-order valence-corrected chi connectivity index (χ4v) is 3.39. The Labute approximate surface area is 137 Å². The second kappa shape index (κ2) is 6.71. The number of hydrogen-bond donors (Lipinski definition) is 1. The molecule has 1 unspecified atom stereocenters. The number of carbonyl (C=O) groups is 1. The number of hydrogen-bond acceptors (Lipinski definition) is 2. The van der Waals surface area contributed by atoms with Crippen LogP contribution in [0.5, 0.6) is 0 Å². The van der Waals surface area contributed by atoms with Crippen molar-refractivity contribution in [3.63, 3.8) is 0 Å². The van der Waals surface area contributed by atoms with E-state index in [1.807, 2.05) is 53.4 Å². The van der Waals surface area contributed by atoms with E-state index in [1.165, 1.54) is 36.0 Å². The number of carboxylic acid groups (broad SMARTS) is 1. The molecule has 3 aromatic rings. The average molecular weight is 327 g/mol. The van der Waals surface area contributed by atoms with Gasteiger partial charge < -0.3 is 9.67 Å². The molecule has 2 aromatic carbocycles. The van der Waals surface area contributed by atoms with Gasteiger partial charge in [-0.05, 0) is 42.0 Å². The minimum absolute atomic E-state index is 0.379. The van der Waals surface area contributed by atoms with Gasteiger partial charge in [-0.1, -0.05) is 24.3 Å². The molecule has 116 valence electrons. The standard InChI is InChI=1S/C18H14FNO2S/c19-14-9-7-13(8-10-14)17(18(21)22)23-16-6-2-1-5-15(16)20-11-3-4-12-20/h1-12,17H,(H,21,22). The number of aliphatic carboxylic acids is 1. The Kier molecular flexibility index (Phi) is 4.48. The highest BCUT2D eigenvalue weighted by atomic mass is 32.2. The summed E-state index contributed by atoms with van der Waals surface area (Å²) in [6, 6.07) is 17.0. The zero-order chi connectivity index (χ0) is 16.2. The molecule has 0 amide bonds. The van der Waals surface area contributed by atoms with Crippen LogP contribution in [-0.2, 0) is 4.79 Å². The van der Waals surface area contributed by atoms with Gasteiger partial charge in [0.15, 0.2) is 0 Å². The molecule has 0 saturated carbocycles. The molecular formula is C18H14FNO2S. The number of aromatic nitrogens is 1. The molecule has 0 radical (unpaired) electrons. The Bertz CT molecular complexity index is 800. The van der Waals surface area contributed by atoms with E-state index in [2.05, 4.69) is 0 Å². The Balaban J connectivity index is 1.96. The molecule has 1 N–H and O–H groups in total. The van der Waals surface area contributed by atoms with Crippen molar-refractivity contribution in [3.05, 3.63) is 84.4 Å². The summed E-state index contributed by atoms with van der Waals surface area (Å²) in [4.78, 5) is 12.5. The lowest BCUT2D eigenvalue weighted by atomic mass is 10.1. The van der Waals surface area contributed by atoms with Crippen molar-refractivity contribution in [1.29, 1.82) is 0 Å². The lowest BCUT2D eigenvalue weighted by Crippen LogP contribution is -2.08. The van der Waals surface area contributed by atoms with E-state index in [-0.39, 0.29) is 5.82 Å². The van der Waals surface area contributed by atoms with Gasteiger partial charge in [0.05, 0.1) is 5.69 Å². The van der Waals surface area contributed by atoms with Gasteiger partial charge in [-0.2, -0.15) is 0 Å². The molecule has 1 atom stereocenters. The topological polar surface area (TPSA) is 42.2 Å². The Morgan fingerprint density at radius 3 is 2.30 bits per heavy atom. The monoisotopic (exact) mass is 327 g/mol. The van der Waals surface area contributed by atoms with Crippen LogP contribution in [-0.4, -0.2) is 15.6 Å². The molecule has 0 spiro atoms. The molecule has 0 bridgehead atoms. The van der Waals surface area contributed by atoms with E-state index < -0.39 is 11.2 Å².